The van der Waals surface area contributed by atoms with Gasteiger partial charge in [-0.2, -0.15) is 5.26 Å². The summed E-state index contributed by atoms with van der Waals surface area (Å²) < 4.78 is 0. The maximum absolute atomic E-state index is 8.41. The third-order valence-electron chi connectivity index (χ3n) is 1.80. The van der Waals surface area contributed by atoms with Crippen molar-refractivity contribution in [3.63, 3.8) is 0 Å². The van der Waals surface area contributed by atoms with Crippen molar-refractivity contribution in [1.82, 2.24) is 4.98 Å². The summed E-state index contributed by atoms with van der Waals surface area (Å²) in [5, 5.41) is 8.41. The van der Waals surface area contributed by atoms with Gasteiger partial charge in [0.2, 0.25) is 0 Å². The standard InChI is InChI=1S/C9H12N4/c1-13(6-2-4-10)9-7-12-5-3-8(9)11/h3,5,7H,2,6H2,1H3,(H2,11,12). The van der Waals surface area contributed by atoms with Crippen molar-refractivity contribution in [3.8, 4) is 6.07 Å². The largest absolute Gasteiger partial charge is 0.397 e. The van der Waals surface area contributed by atoms with Gasteiger partial charge in [0.25, 0.3) is 0 Å². The van der Waals surface area contributed by atoms with Crippen LogP contribution in [0.1, 0.15) is 6.42 Å². The van der Waals surface area contributed by atoms with Crippen molar-refractivity contribution in [2.75, 3.05) is 24.2 Å². The normalized spacial score (nSPS) is 9.23. The van der Waals surface area contributed by atoms with Gasteiger partial charge in [-0.1, -0.05) is 0 Å². The van der Waals surface area contributed by atoms with Crippen molar-refractivity contribution in [1.29, 1.82) is 5.26 Å². The smallest absolute Gasteiger partial charge is 0.0783 e. The highest BCUT2D eigenvalue weighted by Gasteiger charge is 2.03. The van der Waals surface area contributed by atoms with E-state index in [9.17, 15) is 0 Å². The summed E-state index contributed by atoms with van der Waals surface area (Å²) in [5.41, 5.74) is 7.29. The molecule has 0 aromatic carbocycles. The predicted octanol–water partition coefficient (Wildman–Crippen LogP) is 1.01. The fourth-order valence-electron chi connectivity index (χ4n) is 1.05. The molecule has 68 valence electrons. The molecule has 4 nitrogen and oxygen atoms in total. The average molecular weight is 176 g/mol. The fraction of sp³-hybridized carbons (Fsp3) is 0.333. The third kappa shape index (κ3) is 2.34. The molecule has 0 aliphatic heterocycles. The Bertz CT molecular complexity index is 316. The van der Waals surface area contributed by atoms with E-state index in [4.69, 9.17) is 11.0 Å². The van der Waals surface area contributed by atoms with E-state index in [1.807, 2.05) is 11.9 Å². The van der Waals surface area contributed by atoms with Crippen LogP contribution >= 0.6 is 0 Å². The summed E-state index contributed by atoms with van der Waals surface area (Å²) in [7, 11) is 1.89. The molecule has 4 heteroatoms. The molecule has 1 heterocycles. The van der Waals surface area contributed by atoms with Crippen molar-refractivity contribution in [3.05, 3.63) is 18.5 Å². The Hall–Kier alpha value is -1.76. The first-order valence-corrected chi connectivity index (χ1v) is 4.03. The molecular formula is C9H12N4. The van der Waals surface area contributed by atoms with Crippen molar-refractivity contribution >= 4 is 11.4 Å². The fourth-order valence-corrected chi connectivity index (χ4v) is 1.05. The van der Waals surface area contributed by atoms with E-state index >= 15 is 0 Å². The Labute approximate surface area is 77.6 Å². The van der Waals surface area contributed by atoms with Crippen LogP contribution in [0.15, 0.2) is 18.5 Å². The van der Waals surface area contributed by atoms with E-state index in [0.29, 0.717) is 18.7 Å². The van der Waals surface area contributed by atoms with Gasteiger partial charge < -0.3 is 10.6 Å². The molecule has 0 amide bonds. The SMILES string of the molecule is CN(CCC#N)c1cnccc1N. The first-order valence-electron chi connectivity index (χ1n) is 4.03. The lowest BCUT2D eigenvalue weighted by Gasteiger charge is -2.18. The van der Waals surface area contributed by atoms with Crippen molar-refractivity contribution in [2.45, 2.75) is 6.42 Å². The van der Waals surface area contributed by atoms with Crippen LogP contribution < -0.4 is 10.6 Å². The summed E-state index contributed by atoms with van der Waals surface area (Å²) in [6.45, 7) is 0.673. The number of nitrogen functional groups attached to an aromatic ring is 1. The number of pyridine rings is 1. The quantitative estimate of drug-likeness (QED) is 0.746. The summed E-state index contributed by atoms with van der Waals surface area (Å²) in [6, 6.07) is 3.83. The van der Waals surface area contributed by atoms with Crippen LogP contribution in [-0.4, -0.2) is 18.6 Å². The molecule has 13 heavy (non-hydrogen) atoms. The molecule has 0 saturated heterocycles. The van der Waals surface area contributed by atoms with Gasteiger partial charge in [-0.3, -0.25) is 4.98 Å². The van der Waals surface area contributed by atoms with Gasteiger partial charge in [-0.25, -0.2) is 0 Å². The van der Waals surface area contributed by atoms with Gasteiger partial charge in [-0.05, 0) is 6.07 Å². The van der Waals surface area contributed by atoms with Gasteiger partial charge in [0.05, 0.1) is 30.1 Å². The van der Waals surface area contributed by atoms with Crippen LogP contribution in [-0.2, 0) is 0 Å². The van der Waals surface area contributed by atoms with Crippen LogP contribution in [0.2, 0.25) is 0 Å². The Balaban J connectivity index is 2.72. The number of anilines is 2. The molecule has 0 spiro atoms. The molecule has 2 N–H and O–H groups in total. The average Bonchev–Trinajstić information content (AvgIpc) is 2.15. The predicted molar refractivity (Wildman–Crippen MR) is 52.1 cm³/mol. The first kappa shape index (κ1) is 9.33. The zero-order valence-corrected chi connectivity index (χ0v) is 7.57. The van der Waals surface area contributed by atoms with Gasteiger partial charge in [-0.15, -0.1) is 0 Å². The number of nitriles is 1. The highest BCUT2D eigenvalue weighted by atomic mass is 15.1. The zero-order valence-electron chi connectivity index (χ0n) is 7.57. The minimum Gasteiger partial charge on any atom is -0.397 e. The topological polar surface area (TPSA) is 65.9 Å². The minimum atomic E-state index is 0.491. The van der Waals surface area contributed by atoms with Gasteiger partial charge >= 0.3 is 0 Å². The highest BCUT2D eigenvalue weighted by molar-refractivity contribution is 5.65. The monoisotopic (exact) mass is 176 g/mol. The van der Waals surface area contributed by atoms with Crippen LogP contribution in [0.25, 0.3) is 0 Å². The second-order valence-electron chi connectivity index (χ2n) is 2.76. The number of rotatable bonds is 3. The van der Waals surface area contributed by atoms with E-state index in [1.165, 1.54) is 0 Å². The summed E-state index contributed by atoms with van der Waals surface area (Å²) in [5.74, 6) is 0. The molecular weight excluding hydrogens is 164 g/mol. The Morgan fingerprint density at radius 1 is 1.69 bits per heavy atom. The lowest BCUT2D eigenvalue weighted by atomic mass is 10.3. The zero-order chi connectivity index (χ0) is 9.68. The number of aromatic nitrogens is 1. The Morgan fingerprint density at radius 2 is 2.46 bits per heavy atom. The van der Waals surface area contributed by atoms with Gasteiger partial charge in [0.1, 0.15) is 0 Å². The highest BCUT2D eigenvalue weighted by Crippen LogP contribution is 2.19. The summed E-state index contributed by atoms with van der Waals surface area (Å²) in [4.78, 5) is 5.89. The lowest BCUT2D eigenvalue weighted by Crippen LogP contribution is -2.19. The summed E-state index contributed by atoms with van der Waals surface area (Å²) >= 11 is 0. The number of nitrogens with zero attached hydrogens (tertiary/aromatic N) is 3. The van der Waals surface area contributed by atoms with Gasteiger partial charge in [0, 0.05) is 19.8 Å². The molecule has 0 aliphatic rings. The number of hydrogen-bond donors (Lipinski definition) is 1. The second-order valence-corrected chi connectivity index (χ2v) is 2.76. The molecule has 0 fully saturated rings. The van der Waals surface area contributed by atoms with Crippen LogP contribution in [0, 0.1) is 11.3 Å². The molecule has 1 aromatic rings. The number of nitrogens with two attached hydrogens (primary N) is 1. The molecule has 1 aromatic heterocycles. The first-order chi connectivity index (χ1) is 6.25. The molecule has 0 radical (unpaired) electrons. The molecule has 0 aliphatic carbocycles. The van der Waals surface area contributed by atoms with E-state index in [-0.39, 0.29) is 0 Å². The van der Waals surface area contributed by atoms with Crippen LogP contribution in [0.3, 0.4) is 0 Å². The number of hydrogen-bond acceptors (Lipinski definition) is 4. The van der Waals surface area contributed by atoms with Crippen LogP contribution in [0.5, 0.6) is 0 Å². The molecule has 0 unspecified atom stereocenters. The Kier molecular flexibility index (Phi) is 3.09. The maximum atomic E-state index is 8.41. The van der Waals surface area contributed by atoms with E-state index in [2.05, 4.69) is 11.1 Å². The van der Waals surface area contributed by atoms with E-state index in [1.54, 1.807) is 18.5 Å². The molecule has 0 saturated carbocycles. The lowest BCUT2D eigenvalue weighted by molar-refractivity contribution is 0.903. The minimum absolute atomic E-state index is 0.491. The maximum Gasteiger partial charge on any atom is 0.0783 e. The van der Waals surface area contributed by atoms with Gasteiger partial charge in [0.15, 0.2) is 0 Å². The molecule has 0 atom stereocenters. The van der Waals surface area contributed by atoms with E-state index < -0.39 is 0 Å². The molecule has 1 rings (SSSR count). The van der Waals surface area contributed by atoms with Crippen LogP contribution in [0.4, 0.5) is 11.4 Å². The third-order valence-corrected chi connectivity index (χ3v) is 1.80. The van der Waals surface area contributed by atoms with Crippen molar-refractivity contribution < 1.29 is 0 Å². The molecule has 0 bridgehead atoms. The van der Waals surface area contributed by atoms with E-state index in [0.717, 1.165) is 5.69 Å². The second kappa shape index (κ2) is 4.31. The summed E-state index contributed by atoms with van der Waals surface area (Å²) in [6.07, 6.45) is 3.84. The van der Waals surface area contributed by atoms with Crippen molar-refractivity contribution in [2.24, 2.45) is 0 Å². The Morgan fingerprint density at radius 3 is 3.08 bits per heavy atom.